The van der Waals surface area contributed by atoms with Crippen LogP contribution in [0.1, 0.15) is 29.8 Å². The van der Waals surface area contributed by atoms with Crippen LogP contribution in [-0.4, -0.2) is 19.0 Å². The molecule has 1 amide bonds. The summed E-state index contributed by atoms with van der Waals surface area (Å²) in [5, 5.41) is 11.7. The molecule has 2 rings (SSSR count). The topological polar surface area (TPSA) is 56.1 Å². The van der Waals surface area contributed by atoms with E-state index in [1.165, 1.54) is 0 Å². The summed E-state index contributed by atoms with van der Waals surface area (Å²) >= 11 is 0. The maximum absolute atomic E-state index is 12.2. The normalized spacial score (nSPS) is 9.86. The van der Waals surface area contributed by atoms with Crippen molar-refractivity contribution in [2.75, 3.05) is 23.3 Å². The van der Waals surface area contributed by atoms with Crippen LogP contribution in [0.5, 0.6) is 0 Å². The van der Waals surface area contributed by atoms with Crippen LogP contribution in [0.25, 0.3) is 0 Å². The highest BCUT2D eigenvalue weighted by atomic mass is 16.1. The Morgan fingerprint density at radius 1 is 1.14 bits per heavy atom. The quantitative estimate of drug-likeness (QED) is 0.915. The van der Waals surface area contributed by atoms with Crippen LogP contribution in [0.2, 0.25) is 0 Å². The lowest BCUT2D eigenvalue weighted by molar-refractivity contribution is 0.102. The highest BCUT2D eigenvalue weighted by molar-refractivity contribution is 6.04. The Kier molecular flexibility index (Phi) is 5.16. The Labute approximate surface area is 131 Å². The molecule has 4 heteroatoms. The summed E-state index contributed by atoms with van der Waals surface area (Å²) < 4.78 is 0. The zero-order valence-corrected chi connectivity index (χ0v) is 12.8. The number of hydrogen-bond acceptors (Lipinski definition) is 3. The first-order chi connectivity index (χ1) is 10.7. The van der Waals surface area contributed by atoms with Crippen LogP contribution >= 0.6 is 0 Å². The molecule has 2 aromatic carbocycles. The number of amides is 1. The molecule has 0 aliphatic carbocycles. The number of benzene rings is 2. The summed E-state index contributed by atoms with van der Waals surface area (Å²) in [5.41, 5.74) is 2.83. The number of rotatable bonds is 5. The molecule has 0 saturated carbocycles. The van der Waals surface area contributed by atoms with Crippen molar-refractivity contribution in [3.63, 3.8) is 0 Å². The molecule has 0 spiro atoms. The van der Waals surface area contributed by atoms with Crippen molar-refractivity contribution in [2.24, 2.45) is 0 Å². The average molecular weight is 293 g/mol. The third-order valence-electron chi connectivity index (χ3n) is 3.51. The molecular formula is C18H19N3O. The Morgan fingerprint density at radius 3 is 2.41 bits per heavy atom. The fourth-order valence-electron chi connectivity index (χ4n) is 2.28. The first-order valence-corrected chi connectivity index (χ1v) is 7.34. The first-order valence-electron chi connectivity index (χ1n) is 7.34. The van der Waals surface area contributed by atoms with Crippen molar-refractivity contribution in [3.05, 3.63) is 59.7 Å². The predicted molar refractivity (Wildman–Crippen MR) is 89.1 cm³/mol. The fraction of sp³-hybridized carbons (Fsp3) is 0.222. The lowest BCUT2D eigenvalue weighted by Gasteiger charge is -2.21. The summed E-state index contributed by atoms with van der Waals surface area (Å²) in [6.07, 6.45) is 0. The SMILES string of the molecule is CCN(CC)c1ccc(NC(=O)c2cccc(C#N)c2)cc1. The zero-order valence-electron chi connectivity index (χ0n) is 12.8. The average Bonchev–Trinajstić information content (AvgIpc) is 2.57. The molecular weight excluding hydrogens is 274 g/mol. The van der Waals surface area contributed by atoms with Crippen molar-refractivity contribution < 1.29 is 4.79 Å². The van der Waals surface area contributed by atoms with E-state index in [9.17, 15) is 4.79 Å². The summed E-state index contributed by atoms with van der Waals surface area (Å²) in [7, 11) is 0. The van der Waals surface area contributed by atoms with E-state index in [2.05, 4.69) is 24.1 Å². The summed E-state index contributed by atoms with van der Waals surface area (Å²) in [4.78, 5) is 14.4. The number of carbonyl (C=O) groups is 1. The van der Waals surface area contributed by atoms with E-state index < -0.39 is 0 Å². The number of nitriles is 1. The largest absolute Gasteiger partial charge is 0.372 e. The van der Waals surface area contributed by atoms with E-state index in [0.29, 0.717) is 11.1 Å². The Hall–Kier alpha value is -2.80. The molecule has 0 bridgehead atoms. The van der Waals surface area contributed by atoms with Gasteiger partial charge in [0.25, 0.3) is 5.91 Å². The van der Waals surface area contributed by atoms with Crippen LogP contribution in [0.3, 0.4) is 0 Å². The van der Waals surface area contributed by atoms with Gasteiger partial charge in [-0.15, -0.1) is 0 Å². The summed E-state index contributed by atoms with van der Waals surface area (Å²) in [6.45, 7) is 6.12. The van der Waals surface area contributed by atoms with Crippen LogP contribution in [0.4, 0.5) is 11.4 Å². The minimum absolute atomic E-state index is 0.215. The van der Waals surface area contributed by atoms with Gasteiger partial charge in [0.05, 0.1) is 11.6 Å². The number of nitrogens with one attached hydrogen (secondary N) is 1. The van der Waals surface area contributed by atoms with E-state index in [1.807, 2.05) is 30.3 Å². The van der Waals surface area contributed by atoms with Crippen LogP contribution < -0.4 is 10.2 Å². The lowest BCUT2D eigenvalue weighted by Crippen LogP contribution is -2.21. The molecule has 0 atom stereocenters. The molecule has 0 aliphatic rings. The van der Waals surface area contributed by atoms with Gasteiger partial charge >= 0.3 is 0 Å². The second-order valence-electron chi connectivity index (χ2n) is 4.87. The lowest BCUT2D eigenvalue weighted by atomic mass is 10.1. The molecule has 112 valence electrons. The van der Waals surface area contributed by atoms with Gasteiger partial charge in [-0.1, -0.05) is 6.07 Å². The van der Waals surface area contributed by atoms with Crippen molar-refractivity contribution in [1.82, 2.24) is 0 Å². The predicted octanol–water partition coefficient (Wildman–Crippen LogP) is 3.66. The van der Waals surface area contributed by atoms with Gasteiger partial charge in [-0.2, -0.15) is 5.26 Å². The third kappa shape index (κ3) is 3.64. The second kappa shape index (κ2) is 7.28. The van der Waals surface area contributed by atoms with Gasteiger partial charge in [-0.3, -0.25) is 4.79 Å². The number of carbonyl (C=O) groups excluding carboxylic acids is 1. The standard InChI is InChI=1S/C18H19N3O/c1-3-21(4-2)17-10-8-16(9-11-17)20-18(22)15-7-5-6-14(12-15)13-19/h5-12H,3-4H2,1-2H3,(H,20,22). The maximum atomic E-state index is 12.2. The van der Waals surface area contributed by atoms with Crippen molar-refractivity contribution in [1.29, 1.82) is 5.26 Å². The molecule has 0 radical (unpaired) electrons. The molecule has 0 fully saturated rings. The first kappa shape index (κ1) is 15.6. The number of hydrogen-bond donors (Lipinski definition) is 1. The number of nitrogens with zero attached hydrogens (tertiary/aromatic N) is 2. The summed E-state index contributed by atoms with van der Waals surface area (Å²) in [6, 6.07) is 16.5. The minimum atomic E-state index is -0.215. The van der Waals surface area contributed by atoms with Gasteiger partial charge in [0, 0.05) is 30.0 Å². The smallest absolute Gasteiger partial charge is 0.255 e. The number of anilines is 2. The van der Waals surface area contributed by atoms with Crippen molar-refractivity contribution in [3.8, 4) is 6.07 Å². The molecule has 0 saturated heterocycles. The van der Waals surface area contributed by atoms with E-state index in [1.54, 1.807) is 24.3 Å². The molecule has 22 heavy (non-hydrogen) atoms. The molecule has 0 unspecified atom stereocenters. The molecule has 0 aromatic heterocycles. The van der Waals surface area contributed by atoms with Gasteiger partial charge in [-0.25, -0.2) is 0 Å². The van der Waals surface area contributed by atoms with Crippen LogP contribution in [-0.2, 0) is 0 Å². The molecule has 0 heterocycles. The molecule has 2 aromatic rings. The Bertz CT molecular complexity index is 682. The van der Waals surface area contributed by atoms with Crippen molar-refractivity contribution in [2.45, 2.75) is 13.8 Å². The van der Waals surface area contributed by atoms with Gasteiger partial charge in [0.2, 0.25) is 0 Å². The van der Waals surface area contributed by atoms with Gasteiger partial charge in [0.15, 0.2) is 0 Å². The van der Waals surface area contributed by atoms with Gasteiger partial charge < -0.3 is 10.2 Å². The minimum Gasteiger partial charge on any atom is -0.372 e. The van der Waals surface area contributed by atoms with E-state index in [-0.39, 0.29) is 5.91 Å². The van der Waals surface area contributed by atoms with Crippen LogP contribution in [0, 0.1) is 11.3 Å². The van der Waals surface area contributed by atoms with Crippen LogP contribution in [0.15, 0.2) is 48.5 Å². The highest BCUT2D eigenvalue weighted by Crippen LogP contribution is 2.18. The Balaban J connectivity index is 2.10. The van der Waals surface area contributed by atoms with E-state index in [0.717, 1.165) is 24.5 Å². The third-order valence-corrected chi connectivity index (χ3v) is 3.51. The molecule has 0 aliphatic heterocycles. The monoisotopic (exact) mass is 293 g/mol. The zero-order chi connectivity index (χ0) is 15.9. The van der Waals surface area contributed by atoms with Crippen molar-refractivity contribution >= 4 is 17.3 Å². The Morgan fingerprint density at radius 2 is 1.82 bits per heavy atom. The van der Waals surface area contributed by atoms with E-state index >= 15 is 0 Å². The second-order valence-corrected chi connectivity index (χ2v) is 4.87. The highest BCUT2D eigenvalue weighted by Gasteiger charge is 2.07. The summed E-state index contributed by atoms with van der Waals surface area (Å²) in [5.74, 6) is -0.215. The van der Waals surface area contributed by atoms with Gasteiger partial charge in [0.1, 0.15) is 0 Å². The molecule has 1 N–H and O–H groups in total. The fourth-order valence-corrected chi connectivity index (χ4v) is 2.28. The molecule has 4 nitrogen and oxygen atoms in total. The van der Waals surface area contributed by atoms with E-state index in [4.69, 9.17) is 5.26 Å². The van der Waals surface area contributed by atoms with Gasteiger partial charge in [-0.05, 0) is 56.3 Å². The maximum Gasteiger partial charge on any atom is 0.255 e.